The Hall–Kier alpha value is -1.71. The fraction of sp³-hybridized carbons (Fsp3) is 0.500. The second-order valence-electron chi connectivity index (χ2n) is 6.05. The minimum Gasteiger partial charge on any atom is -0.294 e. The number of carbonyl (C=O) groups excluding carboxylic acids is 2. The maximum Gasteiger partial charge on any atom is 0.354 e. The summed E-state index contributed by atoms with van der Waals surface area (Å²) >= 11 is 0. The number of rotatable bonds is 3. The Kier molecular flexibility index (Phi) is 4.21. The summed E-state index contributed by atoms with van der Waals surface area (Å²) in [5.41, 5.74) is 1.83. The molecule has 1 aliphatic rings. The number of ketones is 1. The Morgan fingerprint density at radius 2 is 2.00 bits per heavy atom. The highest BCUT2D eigenvalue weighted by Crippen LogP contribution is 2.27. The highest BCUT2D eigenvalue weighted by atomic mass is 19.3. The van der Waals surface area contributed by atoms with E-state index in [1.807, 2.05) is 18.2 Å². The van der Waals surface area contributed by atoms with Crippen LogP contribution in [0.3, 0.4) is 0 Å². The van der Waals surface area contributed by atoms with Gasteiger partial charge >= 0.3 is 5.97 Å². The predicted molar refractivity (Wildman–Crippen MR) is 73.0 cm³/mol. The number of hydrogen-bond acceptors (Lipinski definition) is 3. The number of halogens is 1. The first-order valence-corrected chi connectivity index (χ1v) is 6.92. The quantitative estimate of drug-likeness (QED) is 0.793. The van der Waals surface area contributed by atoms with Crippen LogP contribution in [0.25, 0.3) is 0 Å². The maximum absolute atomic E-state index is 12.1. The van der Waals surface area contributed by atoms with Gasteiger partial charge in [0.25, 0.3) is 0 Å². The maximum atomic E-state index is 12.1. The zero-order valence-corrected chi connectivity index (χ0v) is 11.9. The molecule has 0 saturated heterocycles. The molecule has 4 heteroatoms. The monoisotopic (exact) mass is 278 g/mol. The topological polar surface area (TPSA) is 43.4 Å². The first kappa shape index (κ1) is 14.7. The second-order valence-corrected chi connectivity index (χ2v) is 6.05. The van der Waals surface area contributed by atoms with Crippen LogP contribution in [0, 0.1) is 5.41 Å². The summed E-state index contributed by atoms with van der Waals surface area (Å²) in [5, 5.41) is 0. The number of carbonyl (C=O) groups is 2. The normalized spacial score (nSPS) is 15.4. The minimum atomic E-state index is -0.919. The Bertz CT molecular complexity index is 535. The summed E-state index contributed by atoms with van der Waals surface area (Å²) in [6, 6.07) is 5.64. The Labute approximate surface area is 118 Å². The molecule has 108 valence electrons. The van der Waals surface area contributed by atoms with E-state index >= 15 is 0 Å². The lowest BCUT2D eigenvalue weighted by Crippen LogP contribution is -2.27. The third-order valence-corrected chi connectivity index (χ3v) is 3.84. The van der Waals surface area contributed by atoms with Crippen LogP contribution in [0.4, 0.5) is 4.53 Å². The van der Waals surface area contributed by atoms with E-state index in [-0.39, 0.29) is 5.78 Å². The molecule has 1 aromatic rings. The van der Waals surface area contributed by atoms with Crippen molar-refractivity contribution in [1.82, 2.24) is 0 Å². The van der Waals surface area contributed by atoms with Gasteiger partial charge in [0.2, 0.25) is 0 Å². The average molecular weight is 278 g/mol. The average Bonchev–Trinajstić information content (AvgIpc) is 2.59. The zero-order chi connectivity index (χ0) is 14.8. The molecule has 0 aromatic heterocycles. The number of benzene rings is 1. The molecule has 0 amide bonds. The molecular formula is C16H19FO3. The fourth-order valence-electron chi connectivity index (χ4n) is 2.66. The first-order chi connectivity index (χ1) is 9.44. The molecule has 1 aromatic carbocycles. The van der Waals surface area contributed by atoms with Crippen molar-refractivity contribution < 1.29 is 19.1 Å². The van der Waals surface area contributed by atoms with E-state index in [0.29, 0.717) is 12.8 Å². The van der Waals surface area contributed by atoms with Crippen molar-refractivity contribution in [2.24, 2.45) is 5.41 Å². The van der Waals surface area contributed by atoms with Gasteiger partial charge in [0.1, 0.15) is 0 Å². The first-order valence-electron chi connectivity index (χ1n) is 6.92. The largest absolute Gasteiger partial charge is 0.354 e. The van der Waals surface area contributed by atoms with E-state index in [1.54, 1.807) is 13.8 Å². The van der Waals surface area contributed by atoms with Crippen molar-refractivity contribution in [3.05, 3.63) is 34.9 Å². The Morgan fingerprint density at radius 1 is 1.30 bits per heavy atom. The van der Waals surface area contributed by atoms with Crippen LogP contribution in [-0.2, 0) is 22.6 Å². The lowest BCUT2D eigenvalue weighted by Gasteiger charge is -2.20. The summed E-state index contributed by atoms with van der Waals surface area (Å²) in [4.78, 5) is 26.7. The van der Waals surface area contributed by atoms with Crippen LogP contribution >= 0.6 is 0 Å². The SMILES string of the molecule is CC(C)(Cc1ccc2c(c1)CCCCC2=O)C(=O)OF. The molecule has 0 N–H and O–H groups in total. The van der Waals surface area contributed by atoms with Gasteiger partial charge < -0.3 is 0 Å². The number of fused-ring (bicyclic) bond motifs is 1. The molecule has 0 aliphatic heterocycles. The molecule has 0 heterocycles. The van der Waals surface area contributed by atoms with Crippen molar-refractivity contribution in [2.75, 3.05) is 0 Å². The highest BCUT2D eigenvalue weighted by Gasteiger charge is 2.31. The van der Waals surface area contributed by atoms with Crippen molar-refractivity contribution in [1.29, 1.82) is 0 Å². The van der Waals surface area contributed by atoms with Gasteiger partial charge in [-0.1, -0.05) is 18.2 Å². The van der Waals surface area contributed by atoms with Crippen LogP contribution in [0.5, 0.6) is 0 Å². The molecule has 1 aliphatic carbocycles. The Balaban J connectivity index is 2.25. The van der Waals surface area contributed by atoms with Gasteiger partial charge in [0, 0.05) is 16.5 Å². The number of Topliss-reactive ketones (excluding diaryl/α,β-unsaturated/α-hetero) is 1. The van der Waals surface area contributed by atoms with E-state index in [0.717, 1.165) is 36.0 Å². The van der Waals surface area contributed by atoms with Crippen LogP contribution < -0.4 is 0 Å². The van der Waals surface area contributed by atoms with Crippen molar-refractivity contribution in [2.45, 2.75) is 46.0 Å². The molecule has 0 saturated carbocycles. The van der Waals surface area contributed by atoms with E-state index in [9.17, 15) is 14.1 Å². The van der Waals surface area contributed by atoms with Crippen LogP contribution in [0.15, 0.2) is 18.2 Å². The molecule has 2 rings (SSSR count). The standard InChI is InChI=1S/C16H19FO3/c1-16(2,15(19)20-17)10-11-7-8-13-12(9-11)5-3-4-6-14(13)18/h7-9H,3-6,10H2,1-2H3. The summed E-state index contributed by atoms with van der Waals surface area (Å²) < 4.78 is 12.1. The van der Waals surface area contributed by atoms with Crippen molar-refractivity contribution in [3.63, 3.8) is 0 Å². The van der Waals surface area contributed by atoms with Gasteiger partial charge in [-0.05, 0) is 50.7 Å². The molecule has 20 heavy (non-hydrogen) atoms. The molecule has 0 spiro atoms. The molecule has 0 radical (unpaired) electrons. The lowest BCUT2D eigenvalue weighted by molar-refractivity contribution is -0.194. The fourth-order valence-corrected chi connectivity index (χ4v) is 2.66. The molecule has 0 atom stereocenters. The van der Waals surface area contributed by atoms with Crippen LogP contribution in [0.2, 0.25) is 0 Å². The molecule has 0 unspecified atom stereocenters. The van der Waals surface area contributed by atoms with Crippen molar-refractivity contribution >= 4 is 11.8 Å². The van der Waals surface area contributed by atoms with Gasteiger partial charge in [-0.2, -0.15) is 0 Å². The smallest absolute Gasteiger partial charge is 0.294 e. The minimum absolute atomic E-state index is 0.187. The summed E-state index contributed by atoms with van der Waals surface area (Å²) in [6.07, 6.45) is 3.78. The predicted octanol–water partition coefficient (Wildman–Crippen LogP) is 3.59. The van der Waals surface area contributed by atoms with Gasteiger partial charge in [0.05, 0.1) is 5.41 Å². The second kappa shape index (κ2) is 5.73. The molecular weight excluding hydrogens is 259 g/mol. The highest BCUT2D eigenvalue weighted by molar-refractivity contribution is 5.97. The van der Waals surface area contributed by atoms with Gasteiger partial charge in [-0.25, -0.2) is 4.79 Å². The van der Waals surface area contributed by atoms with Crippen molar-refractivity contribution in [3.8, 4) is 0 Å². The third kappa shape index (κ3) is 3.06. The van der Waals surface area contributed by atoms with Crippen LogP contribution in [0.1, 0.15) is 54.6 Å². The van der Waals surface area contributed by atoms with Gasteiger partial charge in [-0.3, -0.25) is 9.74 Å². The third-order valence-electron chi connectivity index (χ3n) is 3.84. The van der Waals surface area contributed by atoms with Gasteiger partial charge in [0.15, 0.2) is 5.78 Å². The zero-order valence-electron chi connectivity index (χ0n) is 11.9. The molecule has 0 bridgehead atoms. The number of hydrogen-bond donors (Lipinski definition) is 0. The van der Waals surface area contributed by atoms with Crippen LogP contribution in [-0.4, -0.2) is 11.8 Å². The lowest BCUT2D eigenvalue weighted by atomic mass is 9.84. The van der Waals surface area contributed by atoms with E-state index < -0.39 is 11.4 Å². The number of aryl methyl sites for hydroxylation is 1. The molecule has 0 fully saturated rings. The van der Waals surface area contributed by atoms with E-state index in [2.05, 4.69) is 4.94 Å². The van der Waals surface area contributed by atoms with E-state index in [4.69, 9.17) is 0 Å². The Morgan fingerprint density at radius 3 is 2.70 bits per heavy atom. The summed E-state index contributed by atoms with van der Waals surface area (Å²) in [7, 11) is 0. The van der Waals surface area contributed by atoms with Gasteiger partial charge in [-0.15, -0.1) is 0 Å². The van der Waals surface area contributed by atoms with E-state index in [1.165, 1.54) is 0 Å². The summed E-state index contributed by atoms with van der Waals surface area (Å²) in [6.45, 7) is 3.29. The molecule has 3 nitrogen and oxygen atoms in total. The summed E-state index contributed by atoms with van der Waals surface area (Å²) in [5.74, 6) is -0.685.